The lowest BCUT2D eigenvalue weighted by Gasteiger charge is -2.13. The topological polar surface area (TPSA) is 105 Å². The smallest absolute Gasteiger partial charge is 0.316 e. The van der Waals surface area contributed by atoms with Gasteiger partial charge in [-0.3, -0.25) is 0 Å². The summed E-state index contributed by atoms with van der Waals surface area (Å²) >= 11 is 0. The van der Waals surface area contributed by atoms with Gasteiger partial charge in [0.15, 0.2) is 11.6 Å². The fourth-order valence-electron chi connectivity index (χ4n) is 1.22. The quantitative estimate of drug-likeness (QED) is 0.626. The third-order valence-corrected chi connectivity index (χ3v) is 2.14. The van der Waals surface area contributed by atoms with Crippen LogP contribution in [0, 0.1) is 0 Å². The number of carbonyl (C=O) groups is 1. The zero-order valence-electron chi connectivity index (χ0n) is 10.7. The summed E-state index contributed by atoms with van der Waals surface area (Å²) < 4.78 is 5.08. The van der Waals surface area contributed by atoms with E-state index in [1.165, 1.54) is 18.3 Å². The standard InChI is InChI=1S/C10H18N6O2/c1-16(2)10(17)13-5-4-12-9-7(18-3)8(11)14-6-15-9/h6H,4-5H2,1-3H3,(H,13,17)(H3,11,12,14,15). The lowest BCUT2D eigenvalue weighted by molar-refractivity contribution is 0.218. The van der Waals surface area contributed by atoms with Crippen molar-refractivity contribution in [3.8, 4) is 5.75 Å². The SMILES string of the molecule is COc1c(N)ncnc1NCCNC(=O)N(C)C. The second-order valence-corrected chi connectivity index (χ2v) is 3.69. The monoisotopic (exact) mass is 254 g/mol. The number of ether oxygens (including phenoxy) is 1. The van der Waals surface area contributed by atoms with E-state index < -0.39 is 0 Å². The Balaban J connectivity index is 2.45. The minimum atomic E-state index is -0.147. The predicted octanol–water partition coefficient (Wildman–Crippen LogP) is -0.249. The van der Waals surface area contributed by atoms with Gasteiger partial charge in [-0.15, -0.1) is 0 Å². The normalized spacial score (nSPS) is 9.72. The van der Waals surface area contributed by atoms with Gasteiger partial charge in [-0.2, -0.15) is 0 Å². The molecule has 0 aliphatic heterocycles. The Bertz CT molecular complexity index is 409. The molecular weight excluding hydrogens is 236 g/mol. The molecule has 0 unspecified atom stereocenters. The Morgan fingerprint density at radius 2 is 2.17 bits per heavy atom. The number of carbonyl (C=O) groups excluding carboxylic acids is 1. The van der Waals surface area contributed by atoms with Crippen LogP contribution in [0.3, 0.4) is 0 Å². The van der Waals surface area contributed by atoms with Gasteiger partial charge in [-0.25, -0.2) is 14.8 Å². The van der Waals surface area contributed by atoms with Crippen molar-refractivity contribution >= 4 is 17.7 Å². The second-order valence-electron chi connectivity index (χ2n) is 3.69. The minimum absolute atomic E-state index is 0.147. The van der Waals surface area contributed by atoms with E-state index >= 15 is 0 Å². The van der Waals surface area contributed by atoms with Gasteiger partial charge < -0.3 is 26.0 Å². The zero-order chi connectivity index (χ0) is 13.5. The zero-order valence-corrected chi connectivity index (χ0v) is 10.7. The number of nitrogen functional groups attached to an aromatic ring is 1. The Morgan fingerprint density at radius 1 is 1.44 bits per heavy atom. The molecule has 1 aromatic heterocycles. The fourth-order valence-corrected chi connectivity index (χ4v) is 1.22. The highest BCUT2D eigenvalue weighted by molar-refractivity contribution is 5.73. The molecule has 8 heteroatoms. The van der Waals surface area contributed by atoms with E-state index in [1.807, 2.05) is 0 Å². The Kier molecular flexibility index (Phi) is 4.97. The number of anilines is 2. The number of amides is 2. The summed E-state index contributed by atoms with van der Waals surface area (Å²) in [5.74, 6) is 1.17. The van der Waals surface area contributed by atoms with Gasteiger partial charge in [0.2, 0.25) is 5.75 Å². The highest BCUT2D eigenvalue weighted by Crippen LogP contribution is 2.25. The van der Waals surface area contributed by atoms with Gasteiger partial charge in [0.05, 0.1) is 7.11 Å². The van der Waals surface area contributed by atoms with Gasteiger partial charge in [-0.1, -0.05) is 0 Å². The Hall–Kier alpha value is -2.25. The van der Waals surface area contributed by atoms with Crippen LogP contribution >= 0.6 is 0 Å². The molecule has 1 heterocycles. The Labute approximate surface area is 106 Å². The first-order valence-corrected chi connectivity index (χ1v) is 5.39. The van der Waals surface area contributed by atoms with Crippen LogP contribution in [0.4, 0.5) is 16.4 Å². The second kappa shape index (κ2) is 6.48. The maximum Gasteiger partial charge on any atom is 0.316 e. The van der Waals surface area contributed by atoms with E-state index in [2.05, 4.69) is 20.6 Å². The van der Waals surface area contributed by atoms with E-state index in [-0.39, 0.29) is 11.8 Å². The van der Waals surface area contributed by atoms with Crippen molar-refractivity contribution in [1.29, 1.82) is 0 Å². The van der Waals surface area contributed by atoms with Crippen molar-refractivity contribution in [1.82, 2.24) is 20.2 Å². The molecule has 0 spiro atoms. The number of urea groups is 1. The number of nitrogens with one attached hydrogen (secondary N) is 2. The summed E-state index contributed by atoms with van der Waals surface area (Å²) in [5, 5.41) is 5.72. The van der Waals surface area contributed by atoms with Crippen LogP contribution in [0.2, 0.25) is 0 Å². The summed E-state index contributed by atoms with van der Waals surface area (Å²) in [6, 6.07) is -0.147. The summed E-state index contributed by atoms with van der Waals surface area (Å²) in [7, 11) is 4.85. The lowest BCUT2D eigenvalue weighted by atomic mass is 10.4. The molecule has 4 N–H and O–H groups in total. The van der Waals surface area contributed by atoms with Crippen LogP contribution < -0.4 is 21.1 Å². The van der Waals surface area contributed by atoms with Crippen molar-refractivity contribution in [2.24, 2.45) is 0 Å². The van der Waals surface area contributed by atoms with Crippen LogP contribution in [0.15, 0.2) is 6.33 Å². The van der Waals surface area contributed by atoms with Gasteiger partial charge >= 0.3 is 6.03 Å². The number of rotatable bonds is 5. The van der Waals surface area contributed by atoms with Gasteiger partial charge in [0, 0.05) is 27.2 Å². The molecule has 18 heavy (non-hydrogen) atoms. The number of aromatic nitrogens is 2. The summed E-state index contributed by atoms with van der Waals surface area (Å²) in [5.41, 5.74) is 5.63. The molecule has 0 saturated heterocycles. The highest BCUT2D eigenvalue weighted by Gasteiger charge is 2.08. The van der Waals surface area contributed by atoms with Gasteiger partial charge in [0.1, 0.15) is 6.33 Å². The van der Waals surface area contributed by atoms with Crippen molar-refractivity contribution in [3.63, 3.8) is 0 Å². The first kappa shape index (κ1) is 13.8. The van der Waals surface area contributed by atoms with Crippen LogP contribution in [0.5, 0.6) is 5.75 Å². The van der Waals surface area contributed by atoms with E-state index in [1.54, 1.807) is 14.1 Å². The molecule has 1 rings (SSSR count). The maximum absolute atomic E-state index is 11.2. The molecular formula is C10H18N6O2. The molecule has 0 aliphatic carbocycles. The highest BCUT2D eigenvalue weighted by atomic mass is 16.5. The van der Waals surface area contributed by atoms with Crippen molar-refractivity contribution < 1.29 is 9.53 Å². The molecule has 1 aromatic rings. The molecule has 0 saturated carbocycles. The lowest BCUT2D eigenvalue weighted by Crippen LogP contribution is -2.37. The number of hydrogen-bond donors (Lipinski definition) is 3. The fraction of sp³-hybridized carbons (Fsp3) is 0.500. The summed E-state index contributed by atoms with van der Waals surface area (Å²) in [6.45, 7) is 0.969. The largest absolute Gasteiger partial charge is 0.490 e. The van der Waals surface area contributed by atoms with E-state index in [0.29, 0.717) is 24.7 Å². The predicted molar refractivity (Wildman–Crippen MR) is 68.6 cm³/mol. The number of nitrogens with zero attached hydrogens (tertiary/aromatic N) is 3. The first-order chi connectivity index (χ1) is 8.56. The van der Waals surface area contributed by atoms with E-state index in [0.717, 1.165) is 0 Å². The van der Waals surface area contributed by atoms with Crippen LogP contribution in [0.1, 0.15) is 0 Å². The van der Waals surface area contributed by atoms with Crippen molar-refractivity contribution in [3.05, 3.63) is 6.33 Å². The number of hydrogen-bond acceptors (Lipinski definition) is 6. The van der Waals surface area contributed by atoms with Crippen LogP contribution in [0.25, 0.3) is 0 Å². The van der Waals surface area contributed by atoms with Crippen LogP contribution in [-0.2, 0) is 0 Å². The average Bonchev–Trinajstić information content (AvgIpc) is 2.34. The molecule has 2 amide bonds. The van der Waals surface area contributed by atoms with E-state index in [9.17, 15) is 4.79 Å². The molecule has 0 bridgehead atoms. The number of nitrogens with two attached hydrogens (primary N) is 1. The van der Waals surface area contributed by atoms with Crippen molar-refractivity contribution in [2.75, 3.05) is 45.3 Å². The van der Waals surface area contributed by atoms with Crippen LogP contribution in [-0.4, -0.2) is 55.2 Å². The molecule has 0 fully saturated rings. The summed E-state index contributed by atoms with van der Waals surface area (Å²) in [6.07, 6.45) is 1.35. The molecule has 0 aromatic carbocycles. The Morgan fingerprint density at radius 3 is 2.78 bits per heavy atom. The van der Waals surface area contributed by atoms with Crippen molar-refractivity contribution in [2.45, 2.75) is 0 Å². The first-order valence-electron chi connectivity index (χ1n) is 5.39. The summed E-state index contributed by atoms with van der Waals surface area (Å²) in [4.78, 5) is 20.5. The van der Waals surface area contributed by atoms with E-state index in [4.69, 9.17) is 10.5 Å². The molecule has 0 radical (unpaired) electrons. The maximum atomic E-state index is 11.2. The average molecular weight is 254 g/mol. The number of methoxy groups -OCH3 is 1. The molecule has 0 aliphatic rings. The molecule has 8 nitrogen and oxygen atoms in total. The third kappa shape index (κ3) is 3.65. The minimum Gasteiger partial charge on any atom is -0.490 e. The molecule has 0 atom stereocenters. The molecule has 100 valence electrons. The van der Waals surface area contributed by atoms with Gasteiger partial charge in [-0.05, 0) is 0 Å². The van der Waals surface area contributed by atoms with Gasteiger partial charge in [0.25, 0.3) is 0 Å². The third-order valence-electron chi connectivity index (χ3n) is 2.14.